The van der Waals surface area contributed by atoms with E-state index in [1.54, 1.807) is 13.0 Å². The highest BCUT2D eigenvalue weighted by Crippen LogP contribution is 2.33. The number of halogens is 4. The number of rotatable bonds is 2. The maximum atomic E-state index is 13.9. The van der Waals surface area contributed by atoms with Crippen LogP contribution < -0.4 is 0 Å². The standard InChI is InChI=1S/C19H12F4O3/c1-2-3-12-8-15(18(25)26)17(20)9-13(12)5-4-11-6-7-14(24)10-16(11)19(21,22)23/h2-3,6-10,24H,1H3,(H,25,26)/b3-2+. The number of aromatic hydroxyl groups is 1. The summed E-state index contributed by atoms with van der Waals surface area (Å²) >= 11 is 0. The number of benzene rings is 2. The molecule has 0 aliphatic rings. The smallest absolute Gasteiger partial charge is 0.417 e. The fourth-order valence-corrected chi connectivity index (χ4v) is 2.19. The first-order valence-electron chi connectivity index (χ1n) is 7.25. The summed E-state index contributed by atoms with van der Waals surface area (Å²) in [4.78, 5) is 11.0. The molecule has 0 spiro atoms. The largest absolute Gasteiger partial charge is 0.508 e. The van der Waals surface area contributed by atoms with E-state index >= 15 is 0 Å². The average molecular weight is 364 g/mol. The summed E-state index contributed by atoms with van der Waals surface area (Å²) in [5, 5.41) is 18.2. The van der Waals surface area contributed by atoms with Crippen molar-refractivity contribution in [3.05, 3.63) is 70.0 Å². The minimum atomic E-state index is -4.73. The van der Waals surface area contributed by atoms with Crippen LogP contribution in [-0.4, -0.2) is 16.2 Å². The number of allylic oxidation sites excluding steroid dienone is 1. The molecular weight excluding hydrogens is 352 g/mol. The summed E-state index contributed by atoms with van der Waals surface area (Å²) < 4.78 is 53.0. The lowest BCUT2D eigenvalue weighted by Gasteiger charge is -2.09. The van der Waals surface area contributed by atoms with Crippen molar-refractivity contribution in [1.82, 2.24) is 0 Å². The number of aromatic carboxylic acids is 1. The summed E-state index contributed by atoms with van der Waals surface area (Å²) in [6.07, 6.45) is -1.70. The molecule has 2 rings (SSSR count). The molecule has 0 saturated carbocycles. The van der Waals surface area contributed by atoms with Gasteiger partial charge in [-0.05, 0) is 42.8 Å². The molecule has 2 aromatic rings. The van der Waals surface area contributed by atoms with Gasteiger partial charge in [-0.25, -0.2) is 9.18 Å². The van der Waals surface area contributed by atoms with Crippen molar-refractivity contribution in [2.75, 3.05) is 0 Å². The number of phenols is 1. The topological polar surface area (TPSA) is 57.5 Å². The molecule has 0 aliphatic carbocycles. The zero-order chi connectivity index (χ0) is 19.5. The van der Waals surface area contributed by atoms with Gasteiger partial charge in [0, 0.05) is 11.1 Å². The Balaban J connectivity index is 2.61. The van der Waals surface area contributed by atoms with E-state index in [2.05, 4.69) is 11.8 Å². The molecule has 0 saturated heterocycles. The lowest BCUT2D eigenvalue weighted by molar-refractivity contribution is -0.137. The van der Waals surface area contributed by atoms with Crippen LogP contribution in [0.2, 0.25) is 0 Å². The molecule has 0 aromatic heterocycles. The second kappa shape index (κ2) is 7.31. The van der Waals surface area contributed by atoms with Gasteiger partial charge < -0.3 is 10.2 Å². The van der Waals surface area contributed by atoms with Crippen LogP contribution in [0.25, 0.3) is 6.08 Å². The van der Waals surface area contributed by atoms with Crippen molar-refractivity contribution in [3.63, 3.8) is 0 Å². The van der Waals surface area contributed by atoms with Crippen molar-refractivity contribution in [3.8, 4) is 17.6 Å². The molecule has 0 radical (unpaired) electrons. The number of carboxylic acids is 1. The lowest BCUT2D eigenvalue weighted by atomic mass is 10.0. The van der Waals surface area contributed by atoms with Crippen molar-refractivity contribution in [2.24, 2.45) is 0 Å². The molecule has 2 N–H and O–H groups in total. The second-order valence-electron chi connectivity index (χ2n) is 5.20. The van der Waals surface area contributed by atoms with E-state index in [1.165, 1.54) is 6.08 Å². The van der Waals surface area contributed by atoms with Gasteiger partial charge in [0.25, 0.3) is 0 Å². The number of alkyl halides is 3. The number of phenolic OH excluding ortho intramolecular Hbond substituents is 1. The maximum absolute atomic E-state index is 13.9. The van der Waals surface area contributed by atoms with Gasteiger partial charge in [-0.2, -0.15) is 13.2 Å². The minimum Gasteiger partial charge on any atom is -0.508 e. The van der Waals surface area contributed by atoms with Gasteiger partial charge in [-0.3, -0.25) is 0 Å². The fraction of sp³-hybridized carbons (Fsp3) is 0.105. The van der Waals surface area contributed by atoms with Gasteiger partial charge in [0.05, 0.1) is 11.1 Å². The molecule has 2 aromatic carbocycles. The predicted octanol–water partition coefficient (Wildman–Crippen LogP) is 4.68. The van der Waals surface area contributed by atoms with E-state index in [-0.39, 0.29) is 11.1 Å². The van der Waals surface area contributed by atoms with Crippen molar-refractivity contribution in [2.45, 2.75) is 13.1 Å². The van der Waals surface area contributed by atoms with Crippen LogP contribution in [0.1, 0.15) is 39.5 Å². The normalized spacial score (nSPS) is 11.3. The quantitative estimate of drug-likeness (QED) is 0.601. The van der Waals surface area contributed by atoms with Crippen molar-refractivity contribution in [1.29, 1.82) is 0 Å². The summed E-state index contributed by atoms with van der Waals surface area (Å²) in [5.41, 5.74) is -1.80. The van der Waals surface area contributed by atoms with E-state index in [0.717, 1.165) is 24.3 Å². The van der Waals surface area contributed by atoms with Crippen LogP contribution in [0.5, 0.6) is 5.75 Å². The van der Waals surface area contributed by atoms with E-state index in [9.17, 15) is 27.5 Å². The van der Waals surface area contributed by atoms with Crippen LogP contribution in [0.3, 0.4) is 0 Å². The minimum absolute atomic E-state index is 0.0341. The zero-order valence-corrected chi connectivity index (χ0v) is 13.4. The van der Waals surface area contributed by atoms with Gasteiger partial charge in [-0.15, -0.1) is 0 Å². The highest BCUT2D eigenvalue weighted by molar-refractivity contribution is 5.89. The molecule has 7 heteroatoms. The first-order chi connectivity index (χ1) is 12.1. The Bertz CT molecular complexity index is 948. The molecule has 3 nitrogen and oxygen atoms in total. The van der Waals surface area contributed by atoms with Crippen LogP contribution in [0.15, 0.2) is 36.4 Å². The molecule has 0 atom stereocenters. The highest BCUT2D eigenvalue weighted by Gasteiger charge is 2.33. The predicted molar refractivity (Wildman–Crippen MR) is 87.2 cm³/mol. The Labute approximate surface area is 146 Å². The van der Waals surface area contributed by atoms with E-state index in [4.69, 9.17) is 5.11 Å². The Kier molecular flexibility index (Phi) is 5.36. The monoisotopic (exact) mass is 364 g/mol. The zero-order valence-electron chi connectivity index (χ0n) is 13.4. The van der Waals surface area contributed by atoms with E-state index in [0.29, 0.717) is 6.07 Å². The SMILES string of the molecule is C/C=C/c1cc(C(=O)O)c(F)cc1C#Cc1ccc(O)cc1C(F)(F)F. The van der Waals surface area contributed by atoms with Gasteiger partial charge in [0.15, 0.2) is 0 Å². The Hall–Kier alpha value is -3.27. The van der Waals surface area contributed by atoms with Crippen molar-refractivity contribution >= 4 is 12.0 Å². The number of hydrogen-bond donors (Lipinski definition) is 2. The Morgan fingerprint density at radius 3 is 2.35 bits per heavy atom. The molecule has 0 unspecified atom stereocenters. The van der Waals surface area contributed by atoms with Gasteiger partial charge in [0.1, 0.15) is 11.6 Å². The summed E-state index contributed by atoms with van der Waals surface area (Å²) in [6.45, 7) is 1.64. The van der Waals surface area contributed by atoms with Crippen LogP contribution in [-0.2, 0) is 6.18 Å². The van der Waals surface area contributed by atoms with Gasteiger partial charge in [0.2, 0.25) is 0 Å². The third-order valence-corrected chi connectivity index (χ3v) is 3.36. The number of hydrogen-bond acceptors (Lipinski definition) is 2. The molecule has 0 aliphatic heterocycles. The number of carbonyl (C=O) groups is 1. The molecular formula is C19H12F4O3. The first-order valence-corrected chi connectivity index (χ1v) is 7.25. The summed E-state index contributed by atoms with van der Waals surface area (Å²) in [6, 6.07) is 4.52. The molecule has 26 heavy (non-hydrogen) atoms. The average Bonchev–Trinajstić information content (AvgIpc) is 2.54. The maximum Gasteiger partial charge on any atom is 0.417 e. The van der Waals surface area contributed by atoms with Crippen molar-refractivity contribution < 1.29 is 32.6 Å². The van der Waals surface area contributed by atoms with Crippen LogP contribution in [0.4, 0.5) is 17.6 Å². The van der Waals surface area contributed by atoms with Crippen LogP contribution in [0, 0.1) is 17.7 Å². The summed E-state index contributed by atoms with van der Waals surface area (Å²) in [5.74, 6) is 1.67. The van der Waals surface area contributed by atoms with Gasteiger partial charge >= 0.3 is 12.1 Å². The fourth-order valence-electron chi connectivity index (χ4n) is 2.19. The Morgan fingerprint density at radius 1 is 1.12 bits per heavy atom. The first kappa shape index (κ1) is 19.1. The molecule has 0 amide bonds. The highest BCUT2D eigenvalue weighted by atomic mass is 19.4. The lowest BCUT2D eigenvalue weighted by Crippen LogP contribution is -2.07. The third kappa shape index (κ3) is 4.22. The van der Waals surface area contributed by atoms with E-state index in [1.807, 2.05) is 0 Å². The van der Waals surface area contributed by atoms with Crippen LogP contribution >= 0.6 is 0 Å². The summed E-state index contributed by atoms with van der Waals surface area (Å²) in [7, 11) is 0. The number of carboxylic acid groups (broad SMARTS) is 1. The van der Waals surface area contributed by atoms with Gasteiger partial charge in [-0.1, -0.05) is 24.0 Å². The molecule has 0 heterocycles. The second-order valence-corrected chi connectivity index (χ2v) is 5.20. The molecule has 134 valence electrons. The Morgan fingerprint density at radius 2 is 1.77 bits per heavy atom. The van der Waals surface area contributed by atoms with E-state index < -0.39 is 40.4 Å². The molecule has 0 bridgehead atoms. The molecule has 0 fully saturated rings. The third-order valence-electron chi connectivity index (χ3n) is 3.36.